The van der Waals surface area contributed by atoms with Crippen LogP contribution in [0.15, 0.2) is 24.3 Å². The highest BCUT2D eigenvalue weighted by atomic mass is 32.1. The van der Waals surface area contributed by atoms with Gasteiger partial charge in [0, 0.05) is 6.54 Å². The highest BCUT2D eigenvalue weighted by Crippen LogP contribution is 2.25. The lowest BCUT2D eigenvalue weighted by atomic mass is 10.1. The van der Waals surface area contributed by atoms with Crippen LogP contribution in [0, 0.1) is 19.7 Å². The minimum atomic E-state index is -0.275. The lowest BCUT2D eigenvalue weighted by Gasteiger charge is -2.33. The number of carbonyl (C=O) groups is 1. The molecule has 0 saturated carbocycles. The van der Waals surface area contributed by atoms with Crippen LogP contribution in [0.2, 0.25) is 0 Å². The third-order valence-corrected chi connectivity index (χ3v) is 4.75. The molecule has 2 heterocycles. The number of ether oxygens (including phenoxy) is 1. The second-order valence-corrected chi connectivity index (χ2v) is 6.51. The summed E-state index contributed by atoms with van der Waals surface area (Å²) >= 11 is 1.42. The molecule has 1 aliphatic heterocycles. The smallest absolute Gasteiger partial charge is 0.266 e. The molecule has 1 atom stereocenters. The fraction of sp³-hybridized carbons (Fsp3) is 0.375. The van der Waals surface area contributed by atoms with Crippen molar-refractivity contribution in [3.8, 4) is 0 Å². The van der Waals surface area contributed by atoms with Gasteiger partial charge in [-0.1, -0.05) is 12.1 Å². The Balaban J connectivity index is 1.76. The first-order valence-corrected chi connectivity index (χ1v) is 7.96. The number of morpholine rings is 1. The minimum Gasteiger partial charge on any atom is -0.370 e. The minimum absolute atomic E-state index is 0.00138. The highest BCUT2D eigenvalue weighted by molar-refractivity contribution is 7.13. The van der Waals surface area contributed by atoms with E-state index in [0.29, 0.717) is 24.6 Å². The van der Waals surface area contributed by atoms with Gasteiger partial charge in [0.2, 0.25) is 0 Å². The molecule has 4 nitrogen and oxygen atoms in total. The molecule has 1 amide bonds. The van der Waals surface area contributed by atoms with E-state index >= 15 is 0 Å². The quantitative estimate of drug-likeness (QED) is 0.854. The lowest BCUT2D eigenvalue weighted by Crippen LogP contribution is -2.42. The maximum atomic E-state index is 13.0. The van der Waals surface area contributed by atoms with Crippen molar-refractivity contribution < 1.29 is 13.9 Å². The first kappa shape index (κ1) is 15.1. The van der Waals surface area contributed by atoms with Crippen molar-refractivity contribution in [1.82, 2.24) is 9.88 Å². The summed E-state index contributed by atoms with van der Waals surface area (Å²) in [6.45, 7) is 5.27. The Morgan fingerprint density at radius 2 is 2.09 bits per heavy atom. The van der Waals surface area contributed by atoms with E-state index in [0.717, 1.165) is 16.3 Å². The van der Waals surface area contributed by atoms with Crippen LogP contribution in [0.1, 0.15) is 32.0 Å². The Labute approximate surface area is 132 Å². The van der Waals surface area contributed by atoms with Gasteiger partial charge in [0.05, 0.1) is 23.9 Å². The van der Waals surface area contributed by atoms with Crippen molar-refractivity contribution in [2.75, 3.05) is 19.7 Å². The first-order chi connectivity index (χ1) is 10.5. The molecule has 3 rings (SSSR count). The molecule has 1 aromatic heterocycles. The number of thiazole rings is 1. The summed E-state index contributed by atoms with van der Waals surface area (Å²) in [5.41, 5.74) is 1.66. The molecule has 6 heteroatoms. The van der Waals surface area contributed by atoms with Crippen molar-refractivity contribution >= 4 is 17.2 Å². The zero-order chi connectivity index (χ0) is 15.7. The number of carbonyl (C=O) groups excluding carboxylic acids is 1. The number of benzene rings is 1. The van der Waals surface area contributed by atoms with Gasteiger partial charge in [0.25, 0.3) is 5.91 Å². The van der Waals surface area contributed by atoms with Gasteiger partial charge in [-0.25, -0.2) is 9.37 Å². The normalized spacial score (nSPS) is 18.5. The van der Waals surface area contributed by atoms with Gasteiger partial charge in [-0.15, -0.1) is 11.3 Å². The SMILES string of the molecule is Cc1nc(C)c(C(=O)N2CCOC(c3ccc(F)cc3)C2)s1. The van der Waals surface area contributed by atoms with Gasteiger partial charge < -0.3 is 9.64 Å². The third-order valence-electron chi connectivity index (χ3n) is 3.69. The van der Waals surface area contributed by atoms with Crippen LogP contribution in [0.25, 0.3) is 0 Å². The highest BCUT2D eigenvalue weighted by Gasteiger charge is 2.28. The molecule has 1 saturated heterocycles. The number of hydrogen-bond donors (Lipinski definition) is 0. The Morgan fingerprint density at radius 3 is 2.73 bits per heavy atom. The molecule has 0 bridgehead atoms. The van der Waals surface area contributed by atoms with Crippen molar-refractivity contribution in [3.63, 3.8) is 0 Å². The number of aryl methyl sites for hydroxylation is 2. The van der Waals surface area contributed by atoms with Crippen molar-refractivity contribution in [2.24, 2.45) is 0 Å². The molecule has 0 aliphatic carbocycles. The summed E-state index contributed by atoms with van der Waals surface area (Å²) in [5.74, 6) is -0.276. The zero-order valence-electron chi connectivity index (χ0n) is 12.5. The van der Waals surface area contributed by atoms with Crippen LogP contribution in [0.3, 0.4) is 0 Å². The first-order valence-electron chi connectivity index (χ1n) is 7.15. The summed E-state index contributed by atoms with van der Waals surface area (Å²) in [4.78, 5) is 19.4. The molecule has 0 N–H and O–H groups in total. The fourth-order valence-corrected chi connectivity index (χ4v) is 3.47. The average Bonchev–Trinajstić information content (AvgIpc) is 2.86. The monoisotopic (exact) mass is 320 g/mol. The maximum absolute atomic E-state index is 13.0. The second-order valence-electron chi connectivity index (χ2n) is 5.31. The van der Waals surface area contributed by atoms with Gasteiger partial charge in [0.1, 0.15) is 16.8 Å². The van der Waals surface area contributed by atoms with Crippen LogP contribution >= 0.6 is 11.3 Å². The zero-order valence-corrected chi connectivity index (χ0v) is 13.3. The number of rotatable bonds is 2. The molecule has 2 aromatic rings. The predicted molar refractivity (Wildman–Crippen MR) is 82.6 cm³/mol. The average molecular weight is 320 g/mol. The van der Waals surface area contributed by atoms with E-state index in [1.807, 2.05) is 13.8 Å². The summed E-state index contributed by atoms with van der Waals surface area (Å²) in [5, 5.41) is 0.893. The van der Waals surface area contributed by atoms with E-state index in [1.165, 1.54) is 23.5 Å². The van der Waals surface area contributed by atoms with E-state index in [9.17, 15) is 9.18 Å². The standard InChI is InChI=1S/C16H17FN2O2S/c1-10-15(22-11(2)18-10)16(20)19-7-8-21-14(9-19)12-3-5-13(17)6-4-12/h3-6,14H,7-9H2,1-2H3. The lowest BCUT2D eigenvalue weighted by molar-refractivity contribution is -0.0227. The Hall–Kier alpha value is -1.79. The molecule has 1 unspecified atom stereocenters. The van der Waals surface area contributed by atoms with Crippen LogP contribution in [-0.2, 0) is 4.74 Å². The van der Waals surface area contributed by atoms with Crippen molar-refractivity contribution in [1.29, 1.82) is 0 Å². The Kier molecular flexibility index (Phi) is 4.22. The van der Waals surface area contributed by atoms with Gasteiger partial charge in [0.15, 0.2) is 0 Å². The van der Waals surface area contributed by atoms with E-state index in [4.69, 9.17) is 4.74 Å². The van der Waals surface area contributed by atoms with Crippen molar-refractivity contribution in [2.45, 2.75) is 20.0 Å². The van der Waals surface area contributed by atoms with Crippen LogP contribution < -0.4 is 0 Å². The third kappa shape index (κ3) is 3.03. The topological polar surface area (TPSA) is 42.4 Å². The Morgan fingerprint density at radius 1 is 1.36 bits per heavy atom. The number of nitrogens with zero attached hydrogens (tertiary/aromatic N) is 2. The van der Waals surface area contributed by atoms with Crippen molar-refractivity contribution in [3.05, 3.63) is 51.2 Å². The number of hydrogen-bond acceptors (Lipinski definition) is 4. The van der Waals surface area contributed by atoms with Gasteiger partial charge in [-0.3, -0.25) is 4.79 Å². The number of halogens is 1. The van der Waals surface area contributed by atoms with E-state index in [2.05, 4.69) is 4.98 Å². The molecule has 1 aromatic carbocycles. The fourth-order valence-electron chi connectivity index (χ4n) is 2.59. The summed E-state index contributed by atoms with van der Waals surface area (Å²) < 4.78 is 18.7. The molecule has 116 valence electrons. The molecule has 1 aliphatic rings. The van der Waals surface area contributed by atoms with Gasteiger partial charge >= 0.3 is 0 Å². The van der Waals surface area contributed by atoms with Crippen LogP contribution in [0.5, 0.6) is 0 Å². The van der Waals surface area contributed by atoms with Gasteiger partial charge in [-0.2, -0.15) is 0 Å². The molecule has 0 radical (unpaired) electrons. The molecule has 0 spiro atoms. The van der Waals surface area contributed by atoms with Crippen LogP contribution in [0.4, 0.5) is 4.39 Å². The van der Waals surface area contributed by atoms with Crippen LogP contribution in [-0.4, -0.2) is 35.5 Å². The second kappa shape index (κ2) is 6.14. The van der Waals surface area contributed by atoms with E-state index < -0.39 is 0 Å². The molecular formula is C16H17FN2O2S. The van der Waals surface area contributed by atoms with E-state index in [-0.39, 0.29) is 17.8 Å². The maximum Gasteiger partial charge on any atom is 0.266 e. The summed E-state index contributed by atoms with van der Waals surface area (Å²) in [7, 11) is 0. The molecule has 1 fully saturated rings. The largest absolute Gasteiger partial charge is 0.370 e. The number of amides is 1. The predicted octanol–water partition coefficient (Wildman–Crippen LogP) is 3.11. The number of aromatic nitrogens is 1. The summed E-state index contributed by atoms with van der Waals surface area (Å²) in [6, 6.07) is 6.23. The Bertz CT molecular complexity index is 684. The van der Waals surface area contributed by atoms with Gasteiger partial charge in [-0.05, 0) is 31.5 Å². The summed E-state index contributed by atoms with van der Waals surface area (Å²) in [6.07, 6.45) is -0.215. The van der Waals surface area contributed by atoms with E-state index in [1.54, 1.807) is 17.0 Å². The molecular weight excluding hydrogens is 303 g/mol. The molecule has 22 heavy (non-hydrogen) atoms.